The van der Waals surface area contributed by atoms with Crippen molar-refractivity contribution in [3.63, 3.8) is 0 Å². The molecule has 0 unspecified atom stereocenters. The van der Waals surface area contributed by atoms with Gasteiger partial charge in [0.15, 0.2) is 0 Å². The molecule has 2 N–H and O–H groups in total. The number of nitrogens with one attached hydrogen (secondary N) is 2. The lowest BCUT2D eigenvalue weighted by atomic mass is 9.89. The molecule has 0 atom stereocenters. The maximum absolute atomic E-state index is 12.0. The first kappa shape index (κ1) is 21.1. The fourth-order valence-corrected chi connectivity index (χ4v) is 4.23. The largest absolute Gasteiger partial charge is 0.361 e. The molecular weight excluding hydrogens is 392 g/mol. The van der Waals surface area contributed by atoms with Crippen LogP contribution in [0.1, 0.15) is 43.7 Å². The van der Waals surface area contributed by atoms with Crippen LogP contribution in [-0.2, 0) is 11.3 Å². The van der Waals surface area contributed by atoms with Crippen LogP contribution in [0, 0.1) is 16.0 Å². The van der Waals surface area contributed by atoms with Crippen molar-refractivity contribution < 1.29 is 9.72 Å². The van der Waals surface area contributed by atoms with Gasteiger partial charge in [0.1, 0.15) is 0 Å². The van der Waals surface area contributed by atoms with Crippen LogP contribution in [0.25, 0.3) is 10.9 Å². The molecule has 0 bridgehead atoms. The number of nitrogens with zero attached hydrogens (tertiary/aromatic N) is 2. The zero-order valence-corrected chi connectivity index (χ0v) is 17.9. The van der Waals surface area contributed by atoms with E-state index in [-0.39, 0.29) is 22.4 Å². The lowest BCUT2D eigenvalue weighted by Gasteiger charge is -2.32. The molecule has 0 radical (unpaired) electrons. The van der Waals surface area contributed by atoms with Gasteiger partial charge >= 0.3 is 0 Å². The third-order valence-electron chi connectivity index (χ3n) is 6.09. The van der Waals surface area contributed by atoms with Crippen LogP contribution in [-0.4, -0.2) is 33.8 Å². The first-order chi connectivity index (χ1) is 14.9. The number of benzene rings is 2. The van der Waals surface area contributed by atoms with Crippen molar-refractivity contribution in [3.8, 4) is 0 Å². The molecule has 162 valence electrons. The number of hydrogen-bond donors (Lipinski definition) is 2. The average Bonchev–Trinajstić information content (AvgIpc) is 3.16. The van der Waals surface area contributed by atoms with E-state index in [1.807, 2.05) is 32.2 Å². The SMILES string of the molecule is CC(C)C(=O)Nc1cccc(C2CCN(Cc3c[nH]c4ccc([N+](=O)[O-])cc34)CC2)c1. The van der Waals surface area contributed by atoms with Crippen molar-refractivity contribution in [3.05, 3.63) is 69.9 Å². The molecule has 2 heterocycles. The number of piperidine rings is 1. The summed E-state index contributed by atoms with van der Waals surface area (Å²) in [6, 6.07) is 13.2. The normalized spacial score (nSPS) is 15.5. The van der Waals surface area contributed by atoms with E-state index in [2.05, 4.69) is 27.3 Å². The number of hydrogen-bond acceptors (Lipinski definition) is 4. The molecular formula is C24H28N4O3. The molecule has 0 aliphatic carbocycles. The number of carbonyl (C=O) groups excluding carboxylic acids is 1. The lowest BCUT2D eigenvalue weighted by molar-refractivity contribution is -0.384. The second kappa shape index (κ2) is 8.89. The van der Waals surface area contributed by atoms with E-state index in [4.69, 9.17) is 0 Å². The van der Waals surface area contributed by atoms with Gasteiger partial charge in [-0.2, -0.15) is 0 Å². The minimum absolute atomic E-state index is 0.0333. The third kappa shape index (κ3) is 4.77. The Morgan fingerprint density at radius 2 is 2.00 bits per heavy atom. The number of H-pyrrole nitrogens is 1. The summed E-state index contributed by atoms with van der Waals surface area (Å²) in [4.78, 5) is 28.4. The molecule has 1 saturated heterocycles. The minimum atomic E-state index is -0.348. The smallest absolute Gasteiger partial charge is 0.270 e. The topological polar surface area (TPSA) is 91.3 Å². The fourth-order valence-electron chi connectivity index (χ4n) is 4.23. The van der Waals surface area contributed by atoms with Crippen molar-refractivity contribution >= 4 is 28.2 Å². The van der Waals surface area contributed by atoms with Crippen LogP contribution in [0.15, 0.2) is 48.7 Å². The number of aromatic nitrogens is 1. The lowest BCUT2D eigenvalue weighted by Crippen LogP contribution is -2.32. The average molecular weight is 421 g/mol. The van der Waals surface area contributed by atoms with Gasteiger partial charge in [-0.3, -0.25) is 19.8 Å². The van der Waals surface area contributed by atoms with Crippen molar-refractivity contribution in [1.82, 2.24) is 9.88 Å². The predicted molar refractivity (Wildman–Crippen MR) is 122 cm³/mol. The molecule has 1 fully saturated rings. The number of carbonyl (C=O) groups is 1. The second-order valence-electron chi connectivity index (χ2n) is 8.62. The highest BCUT2D eigenvalue weighted by atomic mass is 16.6. The Kier molecular flexibility index (Phi) is 6.04. The third-order valence-corrected chi connectivity index (χ3v) is 6.09. The van der Waals surface area contributed by atoms with Gasteiger partial charge in [0.2, 0.25) is 5.91 Å². The summed E-state index contributed by atoms with van der Waals surface area (Å²) in [5, 5.41) is 15.0. The van der Waals surface area contributed by atoms with Gasteiger partial charge in [-0.1, -0.05) is 26.0 Å². The molecule has 1 aliphatic rings. The van der Waals surface area contributed by atoms with Crippen LogP contribution in [0.3, 0.4) is 0 Å². The Balaban J connectivity index is 1.39. The van der Waals surface area contributed by atoms with Gasteiger partial charge in [0, 0.05) is 47.4 Å². The molecule has 7 nitrogen and oxygen atoms in total. The number of fused-ring (bicyclic) bond motifs is 1. The molecule has 0 spiro atoms. The molecule has 3 aromatic rings. The standard InChI is InChI=1S/C24H28N4O3/c1-16(2)24(29)26-20-5-3-4-18(12-20)17-8-10-27(11-9-17)15-19-14-25-23-7-6-21(28(30)31)13-22(19)23/h3-7,12-14,16-17,25H,8-11,15H2,1-2H3,(H,26,29). The molecule has 0 saturated carbocycles. The highest BCUT2D eigenvalue weighted by molar-refractivity contribution is 5.92. The predicted octanol–water partition coefficient (Wildman–Crippen LogP) is 5.05. The van der Waals surface area contributed by atoms with E-state index in [0.29, 0.717) is 5.92 Å². The number of non-ortho nitro benzene ring substituents is 1. The molecule has 4 rings (SSSR count). The Morgan fingerprint density at radius 3 is 2.71 bits per heavy atom. The zero-order valence-electron chi connectivity index (χ0n) is 17.9. The number of nitro benzene ring substituents is 1. The van der Waals surface area contributed by atoms with Crippen molar-refractivity contribution in [1.29, 1.82) is 0 Å². The van der Waals surface area contributed by atoms with E-state index in [1.54, 1.807) is 12.1 Å². The van der Waals surface area contributed by atoms with E-state index >= 15 is 0 Å². The maximum Gasteiger partial charge on any atom is 0.270 e. The van der Waals surface area contributed by atoms with Crippen LogP contribution in [0.4, 0.5) is 11.4 Å². The summed E-state index contributed by atoms with van der Waals surface area (Å²) >= 11 is 0. The summed E-state index contributed by atoms with van der Waals surface area (Å²) in [5.74, 6) is 0.458. The summed E-state index contributed by atoms with van der Waals surface area (Å²) in [7, 11) is 0. The highest BCUT2D eigenvalue weighted by Gasteiger charge is 2.22. The van der Waals surface area contributed by atoms with Gasteiger partial charge in [-0.15, -0.1) is 0 Å². The molecule has 1 amide bonds. The number of nitro groups is 1. The van der Waals surface area contributed by atoms with E-state index in [0.717, 1.165) is 54.6 Å². The van der Waals surface area contributed by atoms with Crippen molar-refractivity contribution in [2.75, 3.05) is 18.4 Å². The number of anilines is 1. The molecule has 1 aromatic heterocycles. The van der Waals surface area contributed by atoms with Crippen molar-refractivity contribution in [2.24, 2.45) is 5.92 Å². The van der Waals surface area contributed by atoms with Gasteiger partial charge in [0.05, 0.1) is 4.92 Å². The van der Waals surface area contributed by atoms with E-state index in [1.165, 1.54) is 11.6 Å². The minimum Gasteiger partial charge on any atom is -0.361 e. The van der Waals surface area contributed by atoms with E-state index < -0.39 is 0 Å². The van der Waals surface area contributed by atoms with Gasteiger partial charge in [-0.05, 0) is 61.2 Å². The summed E-state index contributed by atoms with van der Waals surface area (Å²) < 4.78 is 0. The number of amides is 1. The number of aromatic amines is 1. The Bertz CT molecular complexity index is 1100. The summed E-state index contributed by atoms with van der Waals surface area (Å²) in [6.07, 6.45) is 4.05. The maximum atomic E-state index is 12.0. The first-order valence-electron chi connectivity index (χ1n) is 10.8. The molecule has 1 aliphatic heterocycles. The van der Waals surface area contributed by atoms with Crippen LogP contribution >= 0.6 is 0 Å². The number of likely N-dealkylation sites (tertiary alicyclic amines) is 1. The molecule has 31 heavy (non-hydrogen) atoms. The van der Waals surface area contributed by atoms with E-state index in [9.17, 15) is 14.9 Å². The Morgan fingerprint density at radius 1 is 1.23 bits per heavy atom. The summed E-state index contributed by atoms with van der Waals surface area (Å²) in [6.45, 7) is 6.49. The van der Waals surface area contributed by atoms with Gasteiger partial charge in [-0.25, -0.2) is 0 Å². The van der Waals surface area contributed by atoms with Crippen molar-refractivity contribution in [2.45, 2.75) is 39.2 Å². The van der Waals surface area contributed by atoms with Crippen LogP contribution in [0.5, 0.6) is 0 Å². The highest BCUT2D eigenvalue weighted by Crippen LogP contribution is 2.31. The molecule has 2 aromatic carbocycles. The van der Waals surface area contributed by atoms with Crippen LogP contribution in [0.2, 0.25) is 0 Å². The molecule has 7 heteroatoms. The van der Waals surface area contributed by atoms with Gasteiger partial charge in [0.25, 0.3) is 5.69 Å². The summed E-state index contributed by atoms with van der Waals surface area (Å²) in [5.41, 5.74) is 4.27. The Labute approximate surface area is 181 Å². The quantitative estimate of drug-likeness (QED) is 0.431. The monoisotopic (exact) mass is 420 g/mol. The first-order valence-corrected chi connectivity index (χ1v) is 10.8. The Hall–Kier alpha value is -3.19. The second-order valence-corrected chi connectivity index (χ2v) is 8.62. The number of rotatable bonds is 6. The van der Waals surface area contributed by atoms with Crippen LogP contribution < -0.4 is 5.32 Å². The zero-order chi connectivity index (χ0) is 22.0. The van der Waals surface area contributed by atoms with Gasteiger partial charge < -0.3 is 10.3 Å². The fraction of sp³-hybridized carbons (Fsp3) is 0.375.